The number of amides is 1. The molecule has 0 N–H and O–H groups in total. The van der Waals surface area contributed by atoms with Gasteiger partial charge in [0, 0.05) is 43.7 Å². The van der Waals surface area contributed by atoms with Crippen LogP contribution in [0.15, 0.2) is 0 Å². The zero-order valence-electron chi connectivity index (χ0n) is 15.6. The predicted octanol–water partition coefficient (Wildman–Crippen LogP) is 3.20. The molecule has 0 bridgehead atoms. The number of likely N-dealkylation sites (tertiary alicyclic amines) is 2. The van der Waals surface area contributed by atoms with Gasteiger partial charge in [-0.2, -0.15) is 0 Å². The first kappa shape index (κ1) is 16.6. The third-order valence-corrected chi connectivity index (χ3v) is 7.63. The third kappa shape index (κ3) is 3.14. The van der Waals surface area contributed by atoms with Crippen molar-refractivity contribution >= 4 is 5.91 Å². The molecular weight excluding hydrogens is 312 g/mol. The molecule has 5 aliphatic rings. The van der Waals surface area contributed by atoms with Crippen molar-refractivity contribution in [1.29, 1.82) is 0 Å². The first-order chi connectivity index (χ1) is 12.3. The Morgan fingerprint density at radius 2 is 1.68 bits per heavy atom. The van der Waals surface area contributed by atoms with Crippen LogP contribution in [0.25, 0.3) is 0 Å². The summed E-state index contributed by atoms with van der Waals surface area (Å²) in [6.45, 7) is 4.13. The van der Waals surface area contributed by atoms with Crippen molar-refractivity contribution in [2.24, 2.45) is 11.8 Å². The Morgan fingerprint density at radius 1 is 0.960 bits per heavy atom. The van der Waals surface area contributed by atoms with Crippen molar-refractivity contribution in [2.45, 2.75) is 88.3 Å². The standard InChI is InChI=1S/C21H34N2O2/c24-20(17-6-7-17)22-12-8-18(9-13-22)23-14-19(25-15-16-4-5-16)21(23)10-2-1-3-11-21/h16-19H,1-15H2. The molecule has 1 unspecified atom stereocenters. The Hall–Kier alpha value is -0.610. The number of hydrogen-bond donors (Lipinski definition) is 0. The summed E-state index contributed by atoms with van der Waals surface area (Å²) in [6, 6.07) is 0.683. The SMILES string of the molecule is O=C(C1CC1)N1CCC(N2CC(OCC3CC3)C23CCCCC3)CC1. The molecule has 140 valence electrons. The number of nitrogens with zero attached hydrogens (tertiary/aromatic N) is 2. The van der Waals surface area contributed by atoms with E-state index in [1.807, 2.05) is 0 Å². The lowest BCUT2D eigenvalue weighted by atomic mass is 9.69. The number of hydrogen-bond acceptors (Lipinski definition) is 3. The first-order valence-corrected chi connectivity index (χ1v) is 10.9. The molecule has 0 aromatic rings. The molecule has 2 heterocycles. The average Bonchev–Trinajstić information content (AvgIpc) is 3.55. The van der Waals surface area contributed by atoms with Crippen LogP contribution in [-0.2, 0) is 9.53 Å². The molecule has 1 amide bonds. The summed E-state index contributed by atoms with van der Waals surface area (Å²) >= 11 is 0. The molecule has 25 heavy (non-hydrogen) atoms. The number of piperidine rings is 1. The molecule has 4 heteroatoms. The Balaban J connectivity index is 1.20. The van der Waals surface area contributed by atoms with Gasteiger partial charge in [-0.3, -0.25) is 9.69 Å². The van der Waals surface area contributed by atoms with Crippen molar-refractivity contribution in [3.05, 3.63) is 0 Å². The van der Waals surface area contributed by atoms with Crippen LogP contribution in [0, 0.1) is 11.8 Å². The van der Waals surface area contributed by atoms with Crippen molar-refractivity contribution in [2.75, 3.05) is 26.2 Å². The van der Waals surface area contributed by atoms with Gasteiger partial charge in [-0.05, 0) is 57.3 Å². The molecule has 5 rings (SSSR count). The summed E-state index contributed by atoms with van der Waals surface area (Å²) in [5.74, 6) is 1.69. The number of carbonyl (C=O) groups excluding carboxylic acids is 1. The Labute approximate surface area is 152 Å². The number of rotatable bonds is 5. The van der Waals surface area contributed by atoms with E-state index in [0.717, 1.165) is 45.0 Å². The van der Waals surface area contributed by atoms with E-state index >= 15 is 0 Å². The predicted molar refractivity (Wildman–Crippen MR) is 97.3 cm³/mol. The van der Waals surface area contributed by atoms with Gasteiger partial charge in [0.25, 0.3) is 0 Å². The Morgan fingerprint density at radius 3 is 2.32 bits per heavy atom. The van der Waals surface area contributed by atoms with E-state index in [1.165, 1.54) is 57.8 Å². The van der Waals surface area contributed by atoms with E-state index in [0.29, 0.717) is 29.5 Å². The van der Waals surface area contributed by atoms with E-state index in [2.05, 4.69) is 9.80 Å². The smallest absolute Gasteiger partial charge is 0.225 e. The van der Waals surface area contributed by atoms with Gasteiger partial charge < -0.3 is 9.64 Å². The molecule has 0 radical (unpaired) electrons. The van der Waals surface area contributed by atoms with Gasteiger partial charge in [-0.1, -0.05) is 19.3 Å². The van der Waals surface area contributed by atoms with Crippen molar-refractivity contribution < 1.29 is 9.53 Å². The van der Waals surface area contributed by atoms with E-state index in [9.17, 15) is 4.79 Å². The molecule has 1 atom stereocenters. The van der Waals surface area contributed by atoms with Crippen LogP contribution in [0.3, 0.4) is 0 Å². The van der Waals surface area contributed by atoms with Crippen LogP contribution in [0.1, 0.15) is 70.6 Å². The summed E-state index contributed by atoms with van der Waals surface area (Å²) in [5, 5.41) is 0. The summed E-state index contributed by atoms with van der Waals surface area (Å²) < 4.78 is 6.41. The van der Waals surface area contributed by atoms with Crippen molar-refractivity contribution in [3.8, 4) is 0 Å². The summed E-state index contributed by atoms with van der Waals surface area (Å²) in [5.41, 5.74) is 0.348. The van der Waals surface area contributed by atoms with Crippen LogP contribution in [0.5, 0.6) is 0 Å². The minimum absolute atomic E-state index is 0.348. The molecule has 0 aromatic carbocycles. The molecule has 4 nitrogen and oxygen atoms in total. The van der Waals surface area contributed by atoms with Crippen LogP contribution in [0.4, 0.5) is 0 Å². The maximum absolute atomic E-state index is 12.3. The molecule has 3 aliphatic carbocycles. The fraction of sp³-hybridized carbons (Fsp3) is 0.952. The Kier molecular flexibility index (Phi) is 4.32. The van der Waals surface area contributed by atoms with Crippen LogP contribution in [-0.4, -0.2) is 59.6 Å². The lowest BCUT2D eigenvalue weighted by molar-refractivity contribution is -0.203. The van der Waals surface area contributed by atoms with Gasteiger partial charge >= 0.3 is 0 Å². The largest absolute Gasteiger partial charge is 0.375 e. The summed E-state index contributed by atoms with van der Waals surface area (Å²) in [7, 11) is 0. The molecule has 2 aliphatic heterocycles. The minimum atomic E-state index is 0.348. The molecule has 2 saturated heterocycles. The zero-order chi connectivity index (χ0) is 16.9. The van der Waals surface area contributed by atoms with Crippen molar-refractivity contribution in [1.82, 2.24) is 9.80 Å². The van der Waals surface area contributed by atoms with E-state index in [1.54, 1.807) is 0 Å². The first-order valence-electron chi connectivity index (χ1n) is 10.9. The molecular formula is C21H34N2O2. The fourth-order valence-electron chi connectivity index (χ4n) is 5.62. The van der Waals surface area contributed by atoms with Gasteiger partial charge in [0.1, 0.15) is 0 Å². The maximum atomic E-state index is 12.3. The Bertz CT molecular complexity index is 500. The second kappa shape index (κ2) is 6.53. The van der Waals surface area contributed by atoms with E-state index in [-0.39, 0.29) is 0 Å². The third-order valence-electron chi connectivity index (χ3n) is 7.63. The van der Waals surface area contributed by atoms with Crippen LogP contribution in [0.2, 0.25) is 0 Å². The normalized spacial score (nSPS) is 33.4. The molecule has 1 spiro atoms. The second-order valence-electron chi connectivity index (χ2n) is 9.41. The van der Waals surface area contributed by atoms with Gasteiger partial charge in [0.05, 0.1) is 6.10 Å². The quantitative estimate of drug-likeness (QED) is 0.766. The van der Waals surface area contributed by atoms with Gasteiger partial charge in [0.15, 0.2) is 0 Å². The number of ether oxygens (including phenoxy) is 1. The zero-order valence-corrected chi connectivity index (χ0v) is 15.6. The van der Waals surface area contributed by atoms with Gasteiger partial charge in [-0.25, -0.2) is 0 Å². The fourth-order valence-corrected chi connectivity index (χ4v) is 5.62. The highest BCUT2D eigenvalue weighted by atomic mass is 16.5. The van der Waals surface area contributed by atoms with Crippen LogP contribution < -0.4 is 0 Å². The van der Waals surface area contributed by atoms with Gasteiger partial charge in [-0.15, -0.1) is 0 Å². The lowest BCUT2D eigenvalue weighted by Gasteiger charge is -2.63. The minimum Gasteiger partial charge on any atom is -0.375 e. The molecule has 3 saturated carbocycles. The number of carbonyl (C=O) groups is 1. The van der Waals surface area contributed by atoms with Crippen molar-refractivity contribution in [3.63, 3.8) is 0 Å². The summed E-state index contributed by atoms with van der Waals surface area (Å²) in [6.07, 6.45) is 14.7. The average molecular weight is 347 g/mol. The molecule has 0 aromatic heterocycles. The highest BCUT2D eigenvalue weighted by molar-refractivity contribution is 5.81. The monoisotopic (exact) mass is 346 g/mol. The van der Waals surface area contributed by atoms with Gasteiger partial charge in [0.2, 0.25) is 5.91 Å². The maximum Gasteiger partial charge on any atom is 0.225 e. The lowest BCUT2D eigenvalue weighted by Crippen LogP contribution is -2.75. The molecule has 5 fully saturated rings. The highest BCUT2D eigenvalue weighted by Crippen LogP contribution is 2.48. The second-order valence-corrected chi connectivity index (χ2v) is 9.41. The van der Waals surface area contributed by atoms with Crippen LogP contribution >= 0.6 is 0 Å². The topological polar surface area (TPSA) is 32.8 Å². The van der Waals surface area contributed by atoms with E-state index < -0.39 is 0 Å². The summed E-state index contributed by atoms with van der Waals surface area (Å²) in [4.78, 5) is 17.3. The highest BCUT2D eigenvalue weighted by Gasteiger charge is 2.56. The van der Waals surface area contributed by atoms with E-state index in [4.69, 9.17) is 4.74 Å².